The molecule has 1 aromatic heterocycles. The molecule has 3 heteroatoms. The SMILES string of the molecule is CONC1=CCCC(C#Cc2cccc(C)n2)=C1. The lowest BCUT2D eigenvalue weighted by Crippen LogP contribution is -2.11. The van der Waals surface area contributed by atoms with Crippen molar-refractivity contribution in [3.8, 4) is 11.8 Å². The van der Waals surface area contributed by atoms with Crippen LogP contribution in [0.5, 0.6) is 0 Å². The van der Waals surface area contributed by atoms with Crippen molar-refractivity contribution in [2.24, 2.45) is 0 Å². The molecule has 0 radical (unpaired) electrons. The predicted octanol–water partition coefficient (Wildman–Crippen LogP) is 2.50. The average Bonchev–Trinajstić information content (AvgIpc) is 2.37. The molecule has 0 bridgehead atoms. The van der Waals surface area contributed by atoms with Gasteiger partial charge in [-0.25, -0.2) is 4.98 Å². The van der Waals surface area contributed by atoms with Crippen LogP contribution in [0.1, 0.15) is 24.2 Å². The lowest BCUT2D eigenvalue weighted by molar-refractivity contribution is 0.120. The molecule has 1 aromatic rings. The Kier molecular flexibility index (Phi) is 4.16. The monoisotopic (exact) mass is 240 g/mol. The first-order chi connectivity index (χ1) is 8.78. The second-order valence-electron chi connectivity index (χ2n) is 4.09. The van der Waals surface area contributed by atoms with E-state index in [0.717, 1.165) is 35.5 Å². The van der Waals surface area contributed by atoms with Crippen molar-refractivity contribution >= 4 is 0 Å². The first kappa shape index (κ1) is 12.4. The number of rotatable bonds is 2. The predicted molar refractivity (Wildman–Crippen MR) is 71.4 cm³/mol. The lowest BCUT2D eigenvalue weighted by Gasteiger charge is -2.10. The molecule has 0 saturated carbocycles. The van der Waals surface area contributed by atoms with Crippen LogP contribution in [0, 0.1) is 18.8 Å². The Labute approximate surface area is 108 Å². The Morgan fingerprint density at radius 3 is 3.00 bits per heavy atom. The molecule has 0 aromatic carbocycles. The summed E-state index contributed by atoms with van der Waals surface area (Å²) < 4.78 is 0. The minimum Gasteiger partial charge on any atom is -0.279 e. The van der Waals surface area contributed by atoms with Crippen LogP contribution < -0.4 is 5.48 Å². The summed E-state index contributed by atoms with van der Waals surface area (Å²) >= 11 is 0. The fourth-order valence-corrected chi connectivity index (χ4v) is 1.75. The van der Waals surface area contributed by atoms with E-state index in [0.29, 0.717) is 0 Å². The topological polar surface area (TPSA) is 34.1 Å². The molecule has 0 amide bonds. The quantitative estimate of drug-likeness (QED) is 0.637. The van der Waals surface area contributed by atoms with E-state index in [4.69, 9.17) is 4.84 Å². The average molecular weight is 240 g/mol. The minimum atomic E-state index is 0.812. The van der Waals surface area contributed by atoms with Crippen LogP contribution >= 0.6 is 0 Å². The Morgan fingerprint density at radius 2 is 2.22 bits per heavy atom. The standard InChI is InChI=1S/C15H16N2O/c1-12-5-3-7-14(16-12)10-9-13-6-4-8-15(11-13)17-18-2/h3,5,7-8,11,17H,4,6H2,1-2H3. The summed E-state index contributed by atoms with van der Waals surface area (Å²) in [5.41, 5.74) is 6.68. The van der Waals surface area contributed by atoms with Gasteiger partial charge in [0.15, 0.2) is 0 Å². The highest BCUT2D eigenvalue weighted by Gasteiger charge is 2.02. The third kappa shape index (κ3) is 3.47. The Hall–Kier alpha value is -2.05. The second kappa shape index (κ2) is 6.04. The van der Waals surface area contributed by atoms with Crippen molar-refractivity contribution in [1.29, 1.82) is 0 Å². The molecule has 0 saturated heterocycles. The van der Waals surface area contributed by atoms with Crippen molar-refractivity contribution in [3.05, 3.63) is 53.0 Å². The van der Waals surface area contributed by atoms with E-state index in [9.17, 15) is 0 Å². The summed E-state index contributed by atoms with van der Waals surface area (Å²) in [6.45, 7) is 1.97. The highest BCUT2D eigenvalue weighted by molar-refractivity contribution is 5.42. The number of hydrogen-bond donors (Lipinski definition) is 1. The molecule has 1 aliphatic carbocycles. The summed E-state index contributed by atoms with van der Waals surface area (Å²) in [5, 5.41) is 0. The van der Waals surface area contributed by atoms with Gasteiger partial charge < -0.3 is 0 Å². The first-order valence-electron chi connectivity index (χ1n) is 5.93. The summed E-state index contributed by atoms with van der Waals surface area (Å²) in [6.07, 6.45) is 6.05. The van der Waals surface area contributed by atoms with E-state index in [2.05, 4.69) is 28.4 Å². The molecule has 0 aliphatic heterocycles. The van der Waals surface area contributed by atoms with Crippen LogP contribution in [0.2, 0.25) is 0 Å². The Morgan fingerprint density at radius 1 is 1.33 bits per heavy atom. The zero-order valence-electron chi connectivity index (χ0n) is 10.7. The van der Waals surface area contributed by atoms with Crippen LogP contribution in [0.25, 0.3) is 0 Å². The van der Waals surface area contributed by atoms with Gasteiger partial charge in [0.05, 0.1) is 12.8 Å². The van der Waals surface area contributed by atoms with Gasteiger partial charge in [-0.05, 0) is 43.9 Å². The van der Waals surface area contributed by atoms with Gasteiger partial charge in [0.1, 0.15) is 5.69 Å². The summed E-state index contributed by atoms with van der Waals surface area (Å²) in [5.74, 6) is 6.26. The molecule has 92 valence electrons. The van der Waals surface area contributed by atoms with Crippen molar-refractivity contribution in [1.82, 2.24) is 10.5 Å². The molecule has 2 rings (SSSR count). The second-order valence-corrected chi connectivity index (χ2v) is 4.09. The smallest absolute Gasteiger partial charge is 0.113 e. The number of aryl methyl sites for hydroxylation is 1. The van der Waals surface area contributed by atoms with Gasteiger partial charge in [-0.3, -0.25) is 10.3 Å². The normalized spacial score (nSPS) is 14.1. The highest BCUT2D eigenvalue weighted by atomic mass is 16.6. The molecule has 0 spiro atoms. The zero-order valence-corrected chi connectivity index (χ0v) is 10.7. The van der Waals surface area contributed by atoms with Crippen molar-refractivity contribution < 1.29 is 4.84 Å². The van der Waals surface area contributed by atoms with Gasteiger partial charge in [0, 0.05) is 11.3 Å². The lowest BCUT2D eigenvalue weighted by atomic mass is 10.0. The van der Waals surface area contributed by atoms with Crippen LogP contribution in [-0.4, -0.2) is 12.1 Å². The number of hydrogen-bond acceptors (Lipinski definition) is 3. The van der Waals surface area contributed by atoms with Crippen LogP contribution in [0.4, 0.5) is 0 Å². The summed E-state index contributed by atoms with van der Waals surface area (Å²) in [6, 6.07) is 5.86. The maximum absolute atomic E-state index is 4.88. The molecule has 0 atom stereocenters. The number of aromatic nitrogens is 1. The van der Waals surface area contributed by atoms with E-state index in [1.807, 2.05) is 31.2 Å². The third-order valence-electron chi connectivity index (χ3n) is 2.57. The molecule has 1 N–H and O–H groups in total. The van der Waals surface area contributed by atoms with Crippen molar-refractivity contribution in [2.45, 2.75) is 19.8 Å². The van der Waals surface area contributed by atoms with Gasteiger partial charge in [-0.1, -0.05) is 18.1 Å². The van der Waals surface area contributed by atoms with Crippen LogP contribution in [-0.2, 0) is 4.84 Å². The maximum atomic E-state index is 4.88. The maximum Gasteiger partial charge on any atom is 0.113 e. The summed E-state index contributed by atoms with van der Waals surface area (Å²) in [7, 11) is 1.60. The zero-order chi connectivity index (χ0) is 12.8. The van der Waals surface area contributed by atoms with Crippen molar-refractivity contribution in [2.75, 3.05) is 7.11 Å². The van der Waals surface area contributed by atoms with E-state index >= 15 is 0 Å². The van der Waals surface area contributed by atoms with Crippen LogP contribution in [0.15, 0.2) is 41.6 Å². The Bertz CT molecular complexity index is 547. The number of nitrogens with zero attached hydrogens (tertiary/aromatic N) is 1. The van der Waals surface area contributed by atoms with Gasteiger partial charge in [-0.15, -0.1) is 0 Å². The largest absolute Gasteiger partial charge is 0.279 e. The molecule has 1 heterocycles. The van der Waals surface area contributed by atoms with Gasteiger partial charge in [0.25, 0.3) is 0 Å². The molecule has 3 nitrogen and oxygen atoms in total. The molecular weight excluding hydrogens is 224 g/mol. The van der Waals surface area contributed by atoms with E-state index in [1.54, 1.807) is 7.11 Å². The number of hydroxylamine groups is 1. The molecular formula is C15H16N2O. The third-order valence-corrected chi connectivity index (χ3v) is 2.57. The fourth-order valence-electron chi connectivity index (χ4n) is 1.75. The molecule has 1 aliphatic rings. The molecule has 0 unspecified atom stereocenters. The van der Waals surface area contributed by atoms with Gasteiger partial charge in [-0.2, -0.15) is 0 Å². The van der Waals surface area contributed by atoms with E-state index < -0.39 is 0 Å². The Balaban J connectivity index is 2.13. The summed E-state index contributed by atoms with van der Waals surface area (Å²) in [4.78, 5) is 9.24. The van der Waals surface area contributed by atoms with Gasteiger partial charge in [0.2, 0.25) is 0 Å². The van der Waals surface area contributed by atoms with Gasteiger partial charge >= 0.3 is 0 Å². The number of nitrogens with one attached hydrogen (secondary N) is 1. The van der Waals surface area contributed by atoms with E-state index in [-0.39, 0.29) is 0 Å². The molecule has 0 fully saturated rings. The number of allylic oxidation sites excluding steroid dienone is 3. The minimum absolute atomic E-state index is 0.812. The first-order valence-corrected chi connectivity index (χ1v) is 5.93. The van der Waals surface area contributed by atoms with E-state index in [1.165, 1.54) is 0 Å². The number of pyridine rings is 1. The fraction of sp³-hybridized carbons (Fsp3) is 0.267. The van der Waals surface area contributed by atoms with Crippen molar-refractivity contribution in [3.63, 3.8) is 0 Å². The molecule has 18 heavy (non-hydrogen) atoms. The highest BCUT2D eigenvalue weighted by Crippen LogP contribution is 2.14. The van der Waals surface area contributed by atoms with Crippen LogP contribution in [0.3, 0.4) is 0 Å².